The average Bonchev–Trinajstić information content (AvgIpc) is 2.95. The number of alkyl halides is 3. The van der Waals surface area contributed by atoms with Crippen molar-refractivity contribution in [3.8, 4) is 11.5 Å². The first-order valence-corrected chi connectivity index (χ1v) is 7.96. The predicted molar refractivity (Wildman–Crippen MR) is 87.5 cm³/mol. The number of hydrogen-bond acceptors (Lipinski definition) is 3. The summed E-state index contributed by atoms with van der Waals surface area (Å²) in [5.41, 5.74) is 0.917. The molecule has 0 aromatic heterocycles. The van der Waals surface area contributed by atoms with Gasteiger partial charge in [-0.3, -0.25) is 0 Å². The highest BCUT2D eigenvalue weighted by molar-refractivity contribution is 9.18. The van der Waals surface area contributed by atoms with Crippen molar-refractivity contribution in [2.24, 2.45) is 5.16 Å². The van der Waals surface area contributed by atoms with Crippen LogP contribution in [0.5, 0.6) is 11.5 Å². The molecule has 2 aromatic carbocycles. The molecule has 0 spiro atoms. The Kier molecular flexibility index (Phi) is 4.54. The van der Waals surface area contributed by atoms with Crippen LogP contribution in [0.1, 0.15) is 29.2 Å². The van der Waals surface area contributed by atoms with Crippen molar-refractivity contribution in [1.29, 1.82) is 0 Å². The molecule has 1 heterocycles. The molecule has 1 aliphatic heterocycles. The van der Waals surface area contributed by atoms with E-state index in [-0.39, 0.29) is 11.9 Å². The van der Waals surface area contributed by atoms with Gasteiger partial charge in [-0.2, -0.15) is 13.2 Å². The number of aryl methyl sites for hydroxylation is 1. The molecule has 0 radical (unpaired) electrons. The number of benzene rings is 2. The van der Waals surface area contributed by atoms with E-state index in [1.54, 1.807) is 6.07 Å². The largest absolute Gasteiger partial charge is 0.457 e. The van der Waals surface area contributed by atoms with Crippen molar-refractivity contribution in [3.05, 3.63) is 59.2 Å². The third kappa shape index (κ3) is 3.72. The first-order valence-electron chi connectivity index (χ1n) is 7.17. The Hall–Kier alpha value is -2.02. The summed E-state index contributed by atoms with van der Waals surface area (Å²) in [6.45, 7) is 1.83. The Labute approximate surface area is 145 Å². The molecule has 3 nitrogen and oxygen atoms in total. The van der Waals surface area contributed by atoms with Crippen LogP contribution in [0.4, 0.5) is 13.2 Å². The van der Waals surface area contributed by atoms with E-state index >= 15 is 0 Å². The van der Waals surface area contributed by atoms with Gasteiger partial charge in [0.1, 0.15) is 16.1 Å². The maximum Gasteiger partial charge on any atom is 0.416 e. The van der Waals surface area contributed by atoms with Gasteiger partial charge in [0.2, 0.25) is 0 Å². The molecule has 1 unspecified atom stereocenters. The number of hydrogen-bond donors (Lipinski definition) is 0. The van der Waals surface area contributed by atoms with Crippen molar-refractivity contribution in [1.82, 2.24) is 0 Å². The lowest BCUT2D eigenvalue weighted by atomic mass is 10.0. The summed E-state index contributed by atoms with van der Waals surface area (Å²) in [5.74, 6) is 0.619. The van der Waals surface area contributed by atoms with Crippen LogP contribution in [0.25, 0.3) is 0 Å². The molecule has 7 heteroatoms. The van der Waals surface area contributed by atoms with Gasteiger partial charge >= 0.3 is 6.18 Å². The van der Waals surface area contributed by atoms with Crippen LogP contribution in [0.3, 0.4) is 0 Å². The molecular weight excluding hydrogens is 387 g/mol. The summed E-state index contributed by atoms with van der Waals surface area (Å²) in [6, 6.07) is 10.3. The highest BCUT2D eigenvalue weighted by atomic mass is 79.9. The molecule has 126 valence electrons. The second kappa shape index (κ2) is 6.47. The van der Waals surface area contributed by atoms with Gasteiger partial charge in [0.25, 0.3) is 0 Å². The summed E-state index contributed by atoms with van der Waals surface area (Å²) in [6.07, 6.45) is -4.03. The lowest BCUT2D eigenvalue weighted by molar-refractivity contribution is -0.137. The van der Waals surface area contributed by atoms with E-state index < -0.39 is 11.7 Å². The van der Waals surface area contributed by atoms with Gasteiger partial charge < -0.3 is 9.57 Å². The molecular formula is C17H13BrF3NO2. The molecule has 0 amide bonds. The second-order valence-corrected chi connectivity index (χ2v) is 6.33. The normalized spacial score (nSPS) is 17.4. The lowest BCUT2D eigenvalue weighted by Crippen LogP contribution is -2.04. The summed E-state index contributed by atoms with van der Waals surface area (Å²) < 4.78 is 44.8. The van der Waals surface area contributed by atoms with Crippen LogP contribution in [-0.2, 0) is 11.0 Å². The molecule has 2 aromatic rings. The Morgan fingerprint density at radius 2 is 2.00 bits per heavy atom. The SMILES string of the molecule is Cc1ccc(C2CC(Br)=NO2)cc1Oc1cccc(C(F)(F)F)c1. The molecule has 24 heavy (non-hydrogen) atoms. The Morgan fingerprint density at radius 1 is 1.21 bits per heavy atom. The van der Waals surface area contributed by atoms with Crippen LogP contribution in [-0.4, -0.2) is 4.62 Å². The molecule has 0 fully saturated rings. The van der Waals surface area contributed by atoms with Crippen molar-refractivity contribution in [2.75, 3.05) is 0 Å². The van der Waals surface area contributed by atoms with Gasteiger partial charge in [-0.25, -0.2) is 0 Å². The van der Waals surface area contributed by atoms with Crippen LogP contribution in [0, 0.1) is 6.92 Å². The maximum absolute atomic E-state index is 12.8. The van der Waals surface area contributed by atoms with Crippen molar-refractivity contribution >= 4 is 20.6 Å². The number of ether oxygens (including phenoxy) is 1. The van der Waals surface area contributed by atoms with E-state index in [4.69, 9.17) is 9.57 Å². The minimum atomic E-state index is -4.41. The lowest BCUT2D eigenvalue weighted by Gasteiger charge is -2.14. The van der Waals surface area contributed by atoms with Crippen molar-refractivity contribution in [3.63, 3.8) is 0 Å². The molecule has 0 aliphatic carbocycles. The monoisotopic (exact) mass is 399 g/mol. The van der Waals surface area contributed by atoms with Crippen LogP contribution < -0.4 is 4.74 Å². The van der Waals surface area contributed by atoms with Crippen molar-refractivity contribution in [2.45, 2.75) is 25.6 Å². The molecule has 0 N–H and O–H groups in total. The smallest absolute Gasteiger partial charge is 0.416 e. The van der Waals surface area contributed by atoms with Crippen LogP contribution >= 0.6 is 15.9 Å². The van der Waals surface area contributed by atoms with E-state index in [0.29, 0.717) is 16.8 Å². The van der Waals surface area contributed by atoms with Gasteiger partial charge in [0.05, 0.1) is 5.56 Å². The zero-order valence-electron chi connectivity index (χ0n) is 12.6. The standard InChI is InChI=1S/C17H13BrF3NO2/c1-10-5-6-11(15-9-16(18)22-24-15)7-14(10)23-13-4-2-3-12(8-13)17(19,20)21/h2-8,15H,9H2,1H3. The van der Waals surface area contributed by atoms with E-state index in [0.717, 1.165) is 23.3 Å². The predicted octanol–water partition coefficient (Wildman–Crippen LogP) is 5.98. The number of oxime groups is 1. The highest BCUT2D eigenvalue weighted by Gasteiger charge is 2.30. The van der Waals surface area contributed by atoms with Gasteiger partial charge in [0, 0.05) is 6.42 Å². The topological polar surface area (TPSA) is 30.8 Å². The highest BCUT2D eigenvalue weighted by Crippen LogP contribution is 2.36. The summed E-state index contributed by atoms with van der Waals surface area (Å²) in [4.78, 5) is 5.30. The van der Waals surface area contributed by atoms with Crippen molar-refractivity contribution < 1.29 is 22.7 Å². The molecule has 1 aliphatic rings. The fourth-order valence-electron chi connectivity index (χ4n) is 2.32. The zero-order valence-corrected chi connectivity index (χ0v) is 14.2. The maximum atomic E-state index is 12.8. The Balaban J connectivity index is 1.85. The molecule has 0 bridgehead atoms. The third-order valence-corrected chi connectivity index (χ3v) is 4.07. The Bertz CT molecular complexity index is 790. The minimum Gasteiger partial charge on any atom is -0.457 e. The van der Waals surface area contributed by atoms with Gasteiger partial charge in [-0.05, 0) is 58.2 Å². The quantitative estimate of drug-likeness (QED) is 0.635. The summed E-state index contributed by atoms with van der Waals surface area (Å²) in [5, 5.41) is 3.84. The van der Waals surface area contributed by atoms with Crippen LogP contribution in [0.2, 0.25) is 0 Å². The summed E-state index contributed by atoms with van der Waals surface area (Å²) >= 11 is 3.28. The molecule has 0 saturated carbocycles. The fraction of sp³-hybridized carbons (Fsp3) is 0.235. The molecule has 3 rings (SSSR count). The van der Waals surface area contributed by atoms with E-state index in [2.05, 4.69) is 21.1 Å². The zero-order chi connectivity index (χ0) is 17.3. The van der Waals surface area contributed by atoms with Gasteiger partial charge in [0.15, 0.2) is 6.10 Å². The van der Waals surface area contributed by atoms with E-state index in [9.17, 15) is 13.2 Å². The van der Waals surface area contributed by atoms with Gasteiger partial charge in [-0.1, -0.05) is 23.4 Å². The van der Waals surface area contributed by atoms with E-state index in [1.807, 2.05) is 19.1 Å². The third-order valence-electron chi connectivity index (χ3n) is 3.61. The second-order valence-electron chi connectivity index (χ2n) is 5.42. The number of rotatable bonds is 3. The minimum absolute atomic E-state index is 0.134. The average molecular weight is 400 g/mol. The fourth-order valence-corrected chi connectivity index (χ4v) is 2.69. The Morgan fingerprint density at radius 3 is 2.67 bits per heavy atom. The summed E-state index contributed by atoms with van der Waals surface area (Å²) in [7, 11) is 0. The first-order chi connectivity index (χ1) is 11.3. The van der Waals surface area contributed by atoms with Gasteiger partial charge in [-0.15, -0.1) is 0 Å². The first kappa shape index (κ1) is 16.8. The number of nitrogens with zero attached hydrogens (tertiary/aromatic N) is 1. The number of halogens is 4. The van der Waals surface area contributed by atoms with Crippen LogP contribution in [0.15, 0.2) is 47.6 Å². The molecule has 1 atom stereocenters. The van der Waals surface area contributed by atoms with E-state index in [1.165, 1.54) is 12.1 Å². The molecule has 0 saturated heterocycles.